The number of likely N-dealkylation sites (N-methyl/N-ethyl adjacent to an activating group) is 1. The minimum atomic E-state index is -4.52. The molecule has 0 saturated carbocycles. The highest BCUT2D eigenvalue weighted by Gasteiger charge is 2.31. The van der Waals surface area contributed by atoms with E-state index in [1.54, 1.807) is 30.6 Å². The quantitative estimate of drug-likeness (QED) is 0.0749. The van der Waals surface area contributed by atoms with Crippen LogP contribution in [-0.2, 0) is 13.1 Å². The van der Waals surface area contributed by atoms with Crippen molar-refractivity contribution in [3.8, 4) is 45.6 Å². The molecule has 0 unspecified atom stereocenters. The average Bonchev–Trinajstić information content (AvgIpc) is 4.23. The highest BCUT2D eigenvalue weighted by atomic mass is 19.4. The van der Waals surface area contributed by atoms with Crippen molar-refractivity contribution in [2.45, 2.75) is 26.2 Å². The smallest absolute Gasteiger partial charge is 0.369 e. The number of nitrogens with one attached hydrogen (secondary N) is 5. The number of carbonyl (C=O) groups excluding carboxylic acids is 2. The minimum Gasteiger partial charge on any atom is -0.369 e. The van der Waals surface area contributed by atoms with Crippen LogP contribution >= 0.6 is 0 Å². The highest BCUT2D eigenvalue weighted by Crippen LogP contribution is 2.33. The van der Waals surface area contributed by atoms with E-state index in [1.165, 1.54) is 48.8 Å². The van der Waals surface area contributed by atoms with Gasteiger partial charge in [0.15, 0.2) is 11.6 Å². The monoisotopic (exact) mass is 986 g/mol. The van der Waals surface area contributed by atoms with E-state index in [4.69, 9.17) is 0 Å². The summed E-state index contributed by atoms with van der Waals surface area (Å²) in [7, 11) is 2.09. The average molecular weight is 987 g/mol. The SMILES string of the molecule is CCn1cnc(-c2ccc(F)cc2)c1-c1ncc(C(=O)Nc2ccc(N3CCNCC3)cc2)[nH]1.CN1CCN(c2ccc(NC(=O)c3cnc(-c4c(-c5ccc(F)cc5)ncn4CC(F)(F)F)[nH]3)cc2)CC1. The molecule has 6 heterocycles. The maximum atomic E-state index is 13.4. The first kappa shape index (κ1) is 48.8. The predicted octanol–water partition coefficient (Wildman–Crippen LogP) is 8.41. The maximum absolute atomic E-state index is 13.4. The third kappa shape index (κ3) is 11.5. The van der Waals surface area contributed by atoms with Crippen molar-refractivity contribution < 1.29 is 31.5 Å². The number of aryl methyl sites for hydroxylation is 1. The molecule has 0 aliphatic carbocycles. The van der Waals surface area contributed by atoms with Crippen LogP contribution in [0.3, 0.4) is 0 Å². The number of amides is 2. The number of nitrogens with zero attached hydrogens (tertiary/aromatic N) is 9. The van der Waals surface area contributed by atoms with Gasteiger partial charge in [-0.05, 0) is 111 Å². The fraction of sp³-hybridized carbons (Fsp3) is 0.255. The zero-order valence-electron chi connectivity index (χ0n) is 39.3. The fourth-order valence-electron chi connectivity index (χ4n) is 8.46. The highest BCUT2D eigenvalue weighted by molar-refractivity contribution is 6.04. The van der Waals surface area contributed by atoms with Crippen molar-refractivity contribution in [1.82, 2.24) is 49.3 Å². The van der Waals surface area contributed by atoms with E-state index < -0.39 is 24.4 Å². The van der Waals surface area contributed by atoms with Crippen LogP contribution in [-0.4, -0.2) is 121 Å². The van der Waals surface area contributed by atoms with Gasteiger partial charge in [0.05, 0.1) is 36.4 Å². The molecule has 72 heavy (non-hydrogen) atoms. The number of imidazole rings is 4. The van der Waals surface area contributed by atoms with Gasteiger partial charge in [0, 0.05) is 92.8 Å². The third-order valence-corrected chi connectivity index (χ3v) is 12.3. The van der Waals surface area contributed by atoms with Gasteiger partial charge in [-0.3, -0.25) is 9.59 Å². The van der Waals surface area contributed by atoms with Gasteiger partial charge in [-0.15, -0.1) is 0 Å². The number of H-pyrrole nitrogens is 2. The first-order valence-corrected chi connectivity index (χ1v) is 23.3. The molecule has 372 valence electrons. The third-order valence-electron chi connectivity index (χ3n) is 12.3. The van der Waals surface area contributed by atoms with Crippen LogP contribution in [0.15, 0.2) is 122 Å². The van der Waals surface area contributed by atoms with E-state index >= 15 is 0 Å². The molecule has 10 rings (SSSR count). The Morgan fingerprint density at radius 1 is 0.583 bits per heavy atom. The molecule has 0 bridgehead atoms. The van der Waals surface area contributed by atoms with Crippen molar-refractivity contribution in [3.05, 3.63) is 145 Å². The van der Waals surface area contributed by atoms with Crippen LogP contribution in [0.2, 0.25) is 0 Å². The second kappa shape index (κ2) is 21.4. The molecular weight excluding hydrogens is 936 g/mol. The van der Waals surface area contributed by atoms with E-state index in [0.29, 0.717) is 40.7 Å². The Morgan fingerprint density at radius 3 is 1.46 bits per heavy atom. The molecular formula is C51H51F5N14O2. The molecule has 0 atom stereocenters. The van der Waals surface area contributed by atoms with E-state index in [9.17, 15) is 31.5 Å². The van der Waals surface area contributed by atoms with Gasteiger partial charge >= 0.3 is 6.18 Å². The van der Waals surface area contributed by atoms with Gasteiger partial charge in [0.2, 0.25) is 0 Å². The van der Waals surface area contributed by atoms with Crippen LogP contribution < -0.4 is 25.8 Å². The summed E-state index contributed by atoms with van der Waals surface area (Å²) in [6.45, 7) is 9.04. The Morgan fingerprint density at radius 2 is 1.01 bits per heavy atom. The first-order chi connectivity index (χ1) is 34.8. The van der Waals surface area contributed by atoms with Crippen LogP contribution in [0.5, 0.6) is 0 Å². The summed E-state index contributed by atoms with van der Waals surface area (Å²) >= 11 is 0. The number of halogens is 5. The van der Waals surface area contributed by atoms with E-state index in [2.05, 4.69) is 67.6 Å². The number of hydrogen-bond donors (Lipinski definition) is 5. The zero-order chi connectivity index (χ0) is 50.4. The molecule has 4 aromatic carbocycles. The number of benzene rings is 4. The fourth-order valence-corrected chi connectivity index (χ4v) is 8.46. The van der Waals surface area contributed by atoms with Crippen molar-refractivity contribution >= 4 is 34.6 Å². The summed E-state index contributed by atoms with van der Waals surface area (Å²) in [5, 5.41) is 9.05. The minimum absolute atomic E-state index is 0.0293. The first-order valence-electron chi connectivity index (χ1n) is 23.3. The van der Waals surface area contributed by atoms with Crippen molar-refractivity contribution in [2.24, 2.45) is 0 Å². The zero-order valence-corrected chi connectivity index (χ0v) is 39.3. The summed E-state index contributed by atoms with van der Waals surface area (Å²) in [4.78, 5) is 55.8. The van der Waals surface area contributed by atoms with Crippen molar-refractivity contribution in [3.63, 3.8) is 0 Å². The second-order valence-corrected chi connectivity index (χ2v) is 17.2. The van der Waals surface area contributed by atoms with Gasteiger partial charge < -0.3 is 49.8 Å². The van der Waals surface area contributed by atoms with Crippen LogP contribution in [0, 0.1) is 11.6 Å². The van der Waals surface area contributed by atoms with Crippen LogP contribution in [0.1, 0.15) is 27.9 Å². The normalized spacial score (nSPS) is 14.2. The number of anilines is 4. The summed E-state index contributed by atoms with van der Waals surface area (Å²) in [5.74, 6) is -1.02. The van der Waals surface area contributed by atoms with Gasteiger partial charge in [0.1, 0.15) is 41.0 Å². The number of carbonyl (C=O) groups is 2. The van der Waals surface area contributed by atoms with E-state index in [1.807, 2.05) is 47.9 Å². The molecule has 2 aliphatic heterocycles. The number of aromatic nitrogens is 8. The van der Waals surface area contributed by atoms with Gasteiger partial charge in [-0.2, -0.15) is 13.2 Å². The Balaban J connectivity index is 0.000000179. The Labute approximate surface area is 411 Å². The second-order valence-electron chi connectivity index (χ2n) is 17.2. The van der Waals surface area contributed by atoms with Crippen LogP contribution in [0.25, 0.3) is 45.6 Å². The largest absolute Gasteiger partial charge is 0.406 e. The lowest BCUT2D eigenvalue weighted by Gasteiger charge is -2.34. The number of piperazine rings is 2. The molecule has 0 spiro atoms. The summed E-state index contributed by atoms with van der Waals surface area (Å²) in [5.41, 5.74) is 6.70. The molecule has 5 N–H and O–H groups in total. The molecule has 2 fully saturated rings. The summed E-state index contributed by atoms with van der Waals surface area (Å²) in [6.07, 6.45) is 1.02. The molecule has 0 radical (unpaired) electrons. The molecule has 2 aliphatic rings. The number of hydrogen-bond acceptors (Lipinski definition) is 10. The molecule has 21 heteroatoms. The van der Waals surface area contributed by atoms with Gasteiger partial charge in [-0.25, -0.2) is 28.7 Å². The lowest BCUT2D eigenvalue weighted by molar-refractivity contribution is -0.140. The maximum Gasteiger partial charge on any atom is 0.406 e. The lowest BCUT2D eigenvalue weighted by Crippen LogP contribution is -2.44. The molecule has 8 aromatic rings. The Kier molecular flexibility index (Phi) is 14.5. The lowest BCUT2D eigenvalue weighted by atomic mass is 10.1. The molecule has 2 amide bonds. The Hall–Kier alpha value is -8.17. The van der Waals surface area contributed by atoms with Gasteiger partial charge in [0.25, 0.3) is 11.8 Å². The molecule has 4 aromatic heterocycles. The van der Waals surface area contributed by atoms with Crippen molar-refractivity contribution in [2.75, 3.05) is 79.8 Å². The molecule has 16 nitrogen and oxygen atoms in total. The van der Waals surface area contributed by atoms with Crippen LogP contribution in [0.4, 0.5) is 44.7 Å². The number of aromatic amines is 2. The van der Waals surface area contributed by atoms with Gasteiger partial charge in [-0.1, -0.05) is 0 Å². The predicted molar refractivity (Wildman–Crippen MR) is 266 cm³/mol. The van der Waals surface area contributed by atoms with E-state index in [-0.39, 0.29) is 34.6 Å². The standard InChI is InChI=1S/C26H25F4N7O.C25H26FN7O/c1-35-10-12-36(13-11-35)20-8-6-19(7-9-20)33-25(38)21-14-31-24(34-21)23-22(17-2-4-18(27)5-3-17)32-16-37(23)15-26(28,29)30;1-2-32-16-29-22(17-3-5-18(26)6-4-17)23(32)24-28-15-21(31-24)25(34)30-19-7-9-20(10-8-19)33-13-11-27-12-14-33/h2-9,14,16H,10-13,15H2,1H3,(H,31,34)(H,33,38);3-10,15-16,27H,2,11-14H2,1H3,(H,28,31)(H,30,34). The number of rotatable bonds is 12. The molecule has 2 saturated heterocycles. The summed E-state index contributed by atoms with van der Waals surface area (Å²) in [6, 6.07) is 26.7. The Bertz CT molecular complexity index is 3090. The summed E-state index contributed by atoms with van der Waals surface area (Å²) < 4.78 is 69.4. The van der Waals surface area contributed by atoms with Crippen molar-refractivity contribution in [1.29, 1.82) is 0 Å². The number of alkyl halides is 3. The van der Waals surface area contributed by atoms with E-state index in [0.717, 1.165) is 85.9 Å². The topological polar surface area (TPSA) is 173 Å².